The third-order valence-electron chi connectivity index (χ3n) is 0. The molecule has 90 valence electrons. The Bertz CT molecular complexity index is 91.5. The maximum atomic E-state index is 8.35. The van der Waals surface area contributed by atoms with Crippen molar-refractivity contribution in [1.29, 1.82) is 0 Å². The van der Waals surface area contributed by atoms with Gasteiger partial charge in [0.05, 0.1) is 43.4 Å². The molecule has 0 aromatic carbocycles. The summed E-state index contributed by atoms with van der Waals surface area (Å²) >= 11 is 0. The van der Waals surface area contributed by atoms with E-state index in [9.17, 15) is 0 Å². The van der Waals surface area contributed by atoms with E-state index in [1.165, 1.54) is 0 Å². The van der Waals surface area contributed by atoms with Crippen molar-refractivity contribution in [3.05, 3.63) is 0 Å². The van der Waals surface area contributed by atoms with Gasteiger partial charge >= 0.3 is 22.4 Å². The molecule has 16 heteroatoms. The maximum Gasteiger partial charge on any atom is 5.00 e. The summed E-state index contributed by atoms with van der Waals surface area (Å²) in [6.07, 6.45) is 0. The minimum absolute atomic E-state index is 0. The zero-order valence-corrected chi connectivity index (χ0v) is 13.4. The van der Waals surface area contributed by atoms with Crippen LogP contribution in [-0.2, 0) is 45.2 Å². The van der Waals surface area contributed by atoms with Gasteiger partial charge < -0.3 is 24.5 Å². The Morgan fingerprint density at radius 1 is 0.438 bits per heavy atom. The first-order valence-corrected chi connectivity index (χ1v) is 5.48. The molecular weight excluding hydrogens is 408 g/mol. The Balaban J connectivity index is -0.0000000192. The van der Waals surface area contributed by atoms with Crippen molar-refractivity contribution in [2.24, 2.45) is 0 Å². The molecule has 0 aromatic rings. The molecule has 0 saturated heterocycles. The van der Waals surface area contributed by atoms with Crippen molar-refractivity contribution < 1.29 is 69.7 Å². The Kier molecular flexibility index (Phi) is 224. The molecule has 0 spiro atoms. The summed E-state index contributed by atoms with van der Waals surface area (Å²) in [6, 6.07) is 0. The molecule has 0 amide bonds. The number of hydrogen-bond donors (Lipinski definition) is 0. The van der Waals surface area contributed by atoms with Gasteiger partial charge in [-0.2, -0.15) is 0 Å². The van der Waals surface area contributed by atoms with Crippen LogP contribution in [0.25, 0.3) is 0 Å². The molecule has 0 aliphatic rings. The second-order valence-corrected chi connectivity index (χ2v) is 1.12. The summed E-state index contributed by atoms with van der Waals surface area (Å²) in [6.45, 7) is 0. The van der Waals surface area contributed by atoms with E-state index in [0.717, 1.165) is 0 Å². The van der Waals surface area contributed by atoms with Crippen molar-refractivity contribution in [2.45, 2.75) is 0 Å². The SMILES string of the molecule is O=P[O-].O=P[O-].O=P[O-].O=P[O-].O=P[O-].[Nb+5]. The molecule has 0 aromatic heterocycles. The molecule has 0 atom stereocenters. The van der Waals surface area contributed by atoms with Crippen LogP contribution in [0.4, 0.5) is 0 Å². The van der Waals surface area contributed by atoms with Crippen LogP contribution in [0.3, 0.4) is 0 Å². The van der Waals surface area contributed by atoms with Gasteiger partial charge in [0, 0.05) is 0 Å². The predicted octanol–water partition coefficient (Wildman–Crippen LogP) is -2.24. The molecule has 0 saturated carbocycles. The fourth-order valence-corrected chi connectivity index (χ4v) is 0. The monoisotopic (exact) mass is 408 g/mol. The van der Waals surface area contributed by atoms with Crippen LogP contribution in [0.2, 0.25) is 0 Å². The van der Waals surface area contributed by atoms with Crippen molar-refractivity contribution in [3.63, 3.8) is 0 Å². The second kappa shape index (κ2) is 99.5. The molecule has 0 aliphatic carbocycles. The molecule has 0 N–H and O–H groups in total. The zero-order chi connectivity index (χ0) is 13.5. The average molecular weight is 408 g/mol. The van der Waals surface area contributed by atoms with E-state index in [0.29, 0.717) is 0 Å². The van der Waals surface area contributed by atoms with Gasteiger partial charge in [-0.25, -0.2) is 0 Å². The molecule has 0 unspecified atom stereocenters. The maximum absolute atomic E-state index is 8.35. The number of hydrogen-bond acceptors (Lipinski definition) is 10. The molecule has 0 rings (SSSR count). The van der Waals surface area contributed by atoms with Crippen LogP contribution in [0, 0.1) is 0 Å². The molecule has 0 aliphatic heterocycles. The quantitative estimate of drug-likeness (QED) is 0.312. The first kappa shape index (κ1) is 36.0. The van der Waals surface area contributed by atoms with Gasteiger partial charge in [0.25, 0.3) is 0 Å². The van der Waals surface area contributed by atoms with E-state index in [2.05, 4.69) is 0 Å². The van der Waals surface area contributed by atoms with Crippen molar-refractivity contribution in [1.82, 2.24) is 0 Å². The molecule has 16 heavy (non-hydrogen) atoms. The van der Waals surface area contributed by atoms with Crippen molar-refractivity contribution in [2.75, 3.05) is 0 Å². The summed E-state index contributed by atoms with van der Waals surface area (Å²) in [5.74, 6) is 0. The third-order valence-corrected chi connectivity index (χ3v) is 0. The van der Waals surface area contributed by atoms with Crippen LogP contribution in [0.1, 0.15) is 0 Å². The van der Waals surface area contributed by atoms with E-state index < -0.39 is 43.4 Å². The van der Waals surface area contributed by atoms with Crippen LogP contribution >= 0.6 is 43.4 Å². The average Bonchev–Trinajstić information content (AvgIpc) is 2.09. The first-order chi connectivity index (χ1) is 7.07. The topological polar surface area (TPSA) is 201 Å². The second-order valence-electron chi connectivity index (χ2n) is 0.373. The minimum Gasteiger partial charge on any atom is -0.772 e. The zero-order valence-electron chi connectivity index (χ0n) is 6.77. The van der Waals surface area contributed by atoms with Crippen LogP contribution in [0.5, 0.6) is 0 Å². The van der Waals surface area contributed by atoms with Crippen molar-refractivity contribution in [3.8, 4) is 0 Å². The Morgan fingerprint density at radius 3 is 0.438 bits per heavy atom. The fourth-order valence-electron chi connectivity index (χ4n) is 0. The molecule has 0 radical (unpaired) electrons. The van der Waals surface area contributed by atoms with E-state index in [-0.39, 0.29) is 22.4 Å². The van der Waals surface area contributed by atoms with E-state index in [4.69, 9.17) is 47.3 Å². The molecule has 0 fully saturated rings. The van der Waals surface area contributed by atoms with E-state index in [1.54, 1.807) is 0 Å². The normalized spacial score (nSPS) is 6.56. The van der Waals surface area contributed by atoms with Gasteiger partial charge in [0.2, 0.25) is 0 Å². The van der Waals surface area contributed by atoms with Crippen LogP contribution in [0.15, 0.2) is 0 Å². The minimum atomic E-state index is -1.08. The summed E-state index contributed by atoms with van der Waals surface area (Å²) < 4.78 is 41.7. The molecular formula is NbO10P5. The smallest absolute Gasteiger partial charge is 0.772 e. The van der Waals surface area contributed by atoms with Gasteiger partial charge in [-0.15, -0.1) is 0 Å². The predicted molar refractivity (Wildman–Crippen MR) is 38.0 cm³/mol. The largest absolute Gasteiger partial charge is 5.00 e. The summed E-state index contributed by atoms with van der Waals surface area (Å²) in [5.41, 5.74) is 0. The summed E-state index contributed by atoms with van der Waals surface area (Å²) in [5, 5.41) is 0. The molecule has 0 bridgehead atoms. The molecule has 0 heterocycles. The van der Waals surface area contributed by atoms with Gasteiger partial charge in [0.15, 0.2) is 0 Å². The molecule has 10 nitrogen and oxygen atoms in total. The Hall–Kier alpha value is 1.04. The van der Waals surface area contributed by atoms with Gasteiger partial charge in [-0.05, 0) is 0 Å². The summed E-state index contributed by atoms with van der Waals surface area (Å²) in [7, 11) is -5.42. The van der Waals surface area contributed by atoms with Crippen LogP contribution in [-0.4, -0.2) is 0 Å². The van der Waals surface area contributed by atoms with Crippen molar-refractivity contribution >= 4 is 43.4 Å². The van der Waals surface area contributed by atoms with E-state index >= 15 is 0 Å². The van der Waals surface area contributed by atoms with Gasteiger partial charge in [-0.1, -0.05) is 0 Å². The van der Waals surface area contributed by atoms with E-state index in [1.807, 2.05) is 0 Å². The Labute approximate surface area is 113 Å². The number of rotatable bonds is 0. The van der Waals surface area contributed by atoms with Gasteiger partial charge in [-0.3, -0.25) is 22.8 Å². The fraction of sp³-hybridized carbons (Fsp3) is 0. The third kappa shape index (κ3) is 2740. The standard InChI is InChI=1S/Nb.5HO2P/c;5*1-3-2/h;5*(H,1,2)/q+5;;;;;/p-5. The summed E-state index contributed by atoms with van der Waals surface area (Å²) in [4.78, 5) is 41.7. The van der Waals surface area contributed by atoms with Crippen LogP contribution < -0.4 is 24.5 Å². The van der Waals surface area contributed by atoms with Gasteiger partial charge in [0.1, 0.15) is 0 Å². The Morgan fingerprint density at radius 2 is 0.438 bits per heavy atom. The first-order valence-electron chi connectivity index (χ1n) is 1.83.